The number of hydrogen-bond donors (Lipinski definition) is 1. The van der Waals surface area contributed by atoms with Crippen LogP contribution in [-0.2, 0) is 18.7 Å². The molecule has 0 unspecified atom stereocenters. The number of benzene rings is 1. The van der Waals surface area contributed by atoms with E-state index in [4.69, 9.17) is 0 Å². The van der Waals surface area contributed by atoms with E-state index in [1.165, 1.54) is 31.0 Å². The maximum absolute atomic E-state index is 9.40. The van der Waals surface area contributed by atoms with E-state index in [9.17, 15) is 5.11 Å². The molecule has 124 valence electrons. The molecule has 8 nitrogen and oxygen atoms in total. The van der Waals surface area contributed by atoms with Crippen LogP contribution in [0, 0.1) is 0 Å². The van der Waals surface area contributed by atoms with Crippen LogP contribution < -0.4 is 0 Å². The maximum Gasteiger partial charge on any atom is 0.214 e. The number of rotatable bonds is 4. The van der Waals surface area contributed by atoms with E-state index in [-0.39, 0.29) is 5.75 Å². The van der Waals surface area contributed by atoms with Crippen molar-refractivity contribution in [2.75, 3.05) is 0 Å². The third kappa shape index (κ3) is 2.99. The van der Waals surface area contributed by atoms with E-state index < -0.39 is 0 Å². The Morgan fingerprint density at radius 2 is 1.92 bits per heavy atom. The van der Waals surface area contributed by atoms with Crippen LogP contribution in [-0.4, -0.2) is 40.1 Å². The highest BCUT2D eigenvalue weighted by Gasteiger charge is 2.16. The van der Waals surface area contributed by atoms with Gasteiger partial charge >= 0.3 is 0 Å². The van der Waals surface area contributed by atoms with Crippen molar-refractivity contribution in [2.24, 2.45) is 0 Å². The van der Waals surface area contributed by atoms with E-state index in [0.29, 0.717) is 10.9 Å². The molecular weight excluding hydrogens is 326 g/mol. The third-order valence-corrected chi connectivity index (χ3v) is 4.97. The predicted molar refractivity (Wildman–Crippen MR) is 88.0 cm³/mol. The molecule has 4 rings (SSSR count). The Hall–Kier alpha value is -2.42. The van der Waals surface area contributed by atoms with Crippen LogP contribution in [0.2, 0.25) is 0 Å². The normalized spacial score (nSPS) is 14.3. The van der Waals surface area contributed by atoms with Gasteiger partial charge in [-0.2, -0.15) is 4.68 Å². The van der Waals surface area contributed by atoms with Gasteiger partial charge in [-0.1, -0.05) is 18.2 Å². The van der Waals surface area contributed by atoms with Gasteiger partial charge < -0.3 is 9.67 Å². The second kappa shape index (κ2) is 6.60. The van der Waals surface area contributed by atoms with E-state index in [1.807, 2.05) is 0 Å². The Kier molecular flexibility index (Phi) is 4.16. The van der Waals surface area contributed by atoms with Crippen LogP contribution in [0.1, 0.15) is 30.9 Å². The van der Waals surface area contributed by atoms with Crippen LogP contribution in [0.4, 0.5) is 0 Å². The molecule has 0 saturated heterocycles. The molecule has 0 radical (unpaired) electrons. The molecule has 0 saturated carbocycles. The molecule has 1 aliphatic heterocycles. The Labute approximate surface area is 142 Å². The molecular formula is C15H17N7OS. The van der Waals surface area contributed by atoms with Crippen molar-refractivity contribution in [1.29, 1.82) is 0 Å². The smallest absolute Gasteiger partial charge is 0.214 e. The molecule has 9 heteroatoms. The van der Waals surface area contributed by atoms with E-state index in [0.717, 1.165) is 30.3 Å². The fraction of sp³-hybridized carbons (Fsp3) is 0.400. The lowest BCUT2D eigenvalue weighted by molar-refractivity contribution is 0.475. The monoisotopic (exact) mass is 343 g/mol. The lowest BCUT2D eigenvalue weighted by Gasteiger charge is -2.07. The lowest BCUT2D eigenvalue weighted by atomic mass is 10.2. The SMILES string of the molecule is Oc1ccc(-n2nnnc2SCc2nnc3n2CCCCC3)cc1. The molecule has 3 heterocycles. The van der Waals surface area contributed by atoms with Gasteiger partial charge in [0, 0.05) is 13.0 Å². The highest BCUT2D eigenvalue weighted by atomic mass is 32.2. The number of phenolic OH excluding ortho intramolecular Hbond substituents is 1. The van der Waals surface area contributed by atoms with Crippen molar-refractivity contribution in [1.82, 2.24) is 35.0 Å². The Morgan fingerprint density at radius 1 is 1.04 bits per heavy atom. The molecule has 0 aliphatic carbocycles. The Morgan fingerprint density at radius 3 is 2.79 bits per heavy atom. The van der Waals surface area contributed by atoms with Gasteiger partial charge in [-0.3, -0.25) is 0 Å². The summed E-state index contributed by atoms with van der Waals surface area (Å²) in [6.45, 7) is 0.987. The number of aromatic hydroxyl groups is 1. The minimum absolute atomic E-state index is 0.215. The van der Waals surface area contributed by atoms with Crippen molar-refractivity contribution in [3.05, 3.63) is 35.9 Å². The van der Waals surface area contributed by atoms with Crippen LogP contribution in [0.3, 0.4) is 0 Å². The number of fused-ring (bicyclic) bond motifs is 1. The predicted octanol–water partition coefficient (Wildman–Crippen LogP) is 1.98. The van der Waals surface area contributed by atoms with Crippen LogP contribution in [0.15, 0.2) is 29.4 Å². The summed E-state index contributed by atoms with van der Waals surface area (Å²) in [5, 5.41) is 30.6. The summed E-state index contributed by atoms with van der Waals surface area (Å²) in [7, 11) is 0. The molecule has 1 aromatic carbocycles. The summed E-state index contributed by atoms with van der Waals surface area (Å²) < 4.78 is 3.89. The van der Waals surface area contributed by atoms with E-state index in [2.05, 4.69) is 30.3 Å². The number of hydrogen-bond acceptors (Lipinski definition) is 7. The number of aromatic nitrogens is 7. The van der Waals surface area contributed by atoms with Gasteiger partial charge in [0.15, 0.2) is 0 Å². The zero-order valence-electron chi connectivity index (χ0n) is 13.0. The number of nitrogens with zero attached hydrogens (tertiary/aromatic N) is 7. The van der Waals surface area contributed by atoms with Crippen LogP contribution in [0.25, 0.3) is 5.69 Å². The maximum atomic E-state index is 9.40. The van der Waals surface area contributed by atoms with Crippen LogP contribution >= 0.6 is 11.8 Å². The highest BCUT2D eigenvalue weighted by Crippen LogP contribution is 2.24. The van der Waals surface area contributed by atoms with E-state index in [1.54, 1.807) is 28.9 Å². The van der Waals surface area contributed by atoms with Gasteiger partial charge in [-0.15, -0.1) is 15.3 Å². The summed E-state index contributed by atoms with van der Waals surface area (Å²) in [4.78, 5) is 0. The van der Waals surface area contributed by atoms with Crippen molar-refractivity contribution in [3.8, 4) is 11.4 Å². The number of aryl methyl sites for hydroxylation is 1. The third-order valence-electron chi connectivity index (χ3n) is 4.05. The number of phenols is 1. The van der Waals surface area contributed by atoms with Gasteiger partial charge in [0.2, 0.25) is 5.16 Å². The summed E-state index contributed by atoms with van der Waals surface area (Å²) in [5.74, 6) is 2.94. The second-order valence-electron chi connectivity index (χ2n) is 5.67. The van der Waals surface area contributed by atoms with Crippen LogP contribution in [0.5, 0.6) is 5.75 Å². The van der Waals surface area contributed by atoms with Gasteiger partial charge in [0.05, 0.1) is 11.4 Å². The molecule has 0 spiro atoms. The molecule has 24 heavy (non-hydrogen) atoms. The first-order chi connectivity index (χ1) is 11.8. The van der Waals surface area contributed by atoms with Crippen molar-refractivity contribution >= 4 is 11.8 Å². The highest BCUT2D eigenvalue weighted by molar-refractivity contribution is 7.98. The molecule has 2 aromatic heterocycles. The number of thioether (sulfide) groups is 1. The Balaban J connectivity index is 1.52. The average molecular weight is 343 g/mol. The summed E-state index contributed by atoms with van der Waals surface area (Å²) in [6.07, 6.45) is 4.61. The standard InChI is InChI=1S/C15H17N7OS/c23-12-7-5-11(6-8-12)22-15(18-19-20-22)24-10-14-17-16-13-4-2-1-3-9-21(13)14/h5-8,23H,1-4,9-10H2. The minimum Gasteiger partial charge on any atom is -0.508 e. The molecule has 0 amide bonds. The van der Waals surface area contributed by atoms with Crippen molar-refractivity contribution in [3.63, 3.8) is 0 Å². The quantitative estimate of drug-likeness (QED) is 0.724. The van der Waals surface area contributed by atoms with Gasteiger partial charge in [0.1, 0.15) is 17.4 Å². The van der Waals surface area contributed by atoms with Gasteiger partial charge in [0.25, 0.3) is 0 Å². The molecule has 3 aromatic rings. The summed E-state index contributed by atoms with van der Waals surface area (Å²) >= 11 is 1.53. The fourth-order valence-electron chi connectivity index (χ4n) is 2.81. The number of tetrazole rings is 1. The first kappa shape index (κ1) is 15.1. The summed E-state index contributed by atoms with van der Waals surface area (Å²) in [6, 6.07) is 6.78. The van der Waals surface area contributed by atoms with Gasteiger partial charge in [-0.05, 0) is 47.5 Å². The van der Waals surface area contributed by atoms with Crippen molar-refractivity contribution < 1.29 is 5.11 Å². The zero-order valence-corrected chi connectivity index (χ0v) is 13.9. The summed E-state index contributed by atoms with van der Waals surface area (Å²) in [5.41, 5.74) is 0.806. The fourth-order valence-corrected chi connectivity index (χ4v) is 3.64. The molecule has 1 N–H and O–H groups in total. The van der Waals surface area contributed by atoms with E-state index >= 15 is 0 Å². The molecule has 1 aliphatic rings. The van der Waals surface area contributed by atoms with Gasteiger partial charge in [-0.25, -0.2) is 0 Å². The Bertz CT molecular complexity index is 827. The van der Waals surface area contributed by atoms with Crippen molar-refractivity contribution in [2.45, 2.75) is 43.1 Å². The first-order valence-electron chi connectivity index (χ1n) is 7.93. The molecule has 0 bridgehead atoms. The topological polar surface area (TPSA) is 94.5 Å². The largest absolute Gasteiger partial charge is 0.508 e. The lowest BCUT2D eigenvalue weighted by Crippen LogP contribution is -2.05. The second-order valence-corrected chi connectivity index (χ2v) is 6.62. The minimum atomic E-state index is 0.215. The molecule has 0 atom stereocenters. The molecule has 0 fully saturated rings. The first-order valence-corrected chi connectivity index (χ1v) is 8.91. The zero-order chi connectivity index (χ0) is 16.4. The average Bonchev–Trinajstić information content (AvgIpc) is 3.14.